The Labute approximate surface area is 102 Å². The summed E-state index contributed by atoms with van der Waals surface area (Å²) in [5, 5.41) is 1.05. The number of benzene rings is 1. The number of H-pyrrole nitrogens is 1. The van der Waals surface area contributed by atoms with Gasteiger partial charge in [-0.1, -0.05) is 29.3 Å². The number of hydrogen-bond acceptors (Lipinski definition) is 2. The Bertz CT molecular complexity index is 551. The van der Waals surface area contributed by atoms with Gasteiger partial charge in [-0.25, -0.2) is 4.98 Å². The molecule has 5 heteroatoms. The molecule has 2 aromatic rings. The van der Waals surface area contributed by atoms with Crippen LogP contribution in [-0.2, 0) is 0 Å². The predicted octanol–water partition coefficient (Wildman–Crippen LogP) is 4.11. The van der Waals surface area contributed by atoms with E-state index in [0.717, 1.165) is 11.3 Å². The molecule has 1 aromatic carbocycles. The number of nitrogens with one attached hydrogen (secondary N) is 1. The van der Waals surface area contributed by atoms with E-state index in [1.807, 2.05) is 12.1 Å². The molecule has 2 rings (SSSR count). The standard InChI is InChI=1S/C10H6Cl2N2S/c11-7-2-1-6(5-8(7)12)9-3-4-13-10(15)14-9/h1-5H,(H,13,14,15). The summed E-state index contributed by atoms with van der Waals surface area (Å²) in [6, 6.07) is 7.23. The van der Waals surface area contributed by atoms with Crippen LogP contribution in [0.2, 0.25) is 10.0 Å². The lowest BCUT2D eigenvalue weighted by molar-refractivity contribution is 1.14. The Morgan fingerprint density at radius 1 is 1.13 bits per heavy atom. The van der Waals surface area contributed by atoms with Gasteiger partial charge in [0.05, 0.1) is 10.0 Å². The third-order valence-electron chi connectivity index (χ3n) is 1.91. The molecule has 0 bridgehead atoms. The van der Waals surface area contributed by atoms with Crippen LogP contribution < -0.4 is 0 Å². The molecule has 0 aliphatic carbocycles. The Hall–Kier alpha value is -0.900. The lowest BCUT2D eigenvalue weighted by Gasteiger charge is -2.02. The van der Waals surface area contributed by atoms with Crippen LogP contribution in [-0.4, -0.2) is 9.97 Å². The number of rotatable bonds is 1. The summed E-state index contributed by atoms with van der Waals surface area (Å²) < 4.78 is 0.443. The fourth-order valence-corrected chi connectivity index (χ4v) is 1.67. The second-order valence-electron chi connectivity index (χ2n) is 2.92. The van der Waals surface area contributed by atoms with E-state index in [-0.39, 0.29) is 0 Å². The van der Waals surface area contributed by atoms with Gasteiger partial charge in [0.1, 0.15) is 0 Å². The van der Waals surface area contributed by atoms with Gasteiger partial charge in [0.15, 0.2) is 4.77 Å². The SMILES string of the molecule is S=c1nccc(-c2ccc(Cl)c(Cl)c2)[nH]1. The third kappa shape index (κ3) is 2.37. The minimum Gasteiger partial charge on any atom is -0.330 e. The maximum atomic E-state index is 5.92. The number of hydrogen-bond donors (Lipinski definition) is 1. The van der Waals surface area contributed by atoms with Crippen molar-refractivity contribution in [2.45, 2.75) is 0 Å². The minimum atomic E-state index is 0.443. The number of aromatic amines is 1. The average molecular weight is 257 g/mol. The maximum absolute atomic E-state index is 5.92. The van der Waals surface area contributed by atoms with Crippen LogP contribution in [0.25, 0.3) is 11.3 Å². The van der Waals surface area contributed by atoms with Crippen molar-refractivity contribution in [3.8, 4) is 11.3 Å². The average Bonchev–Trinajstić information content (AvgIpc) is 2.22. The minimum absolute atomic E-state index is 0.443. The zero-order valence-electron chi connectivity index (χ0n) is 7.50. The fourth-order valence-electron chi connectivity index (χ4n) is 1.20. The molecule has 0 unspecified atom stereocenters. The van der Waals surface area contributed by atoms with E-state index in [4.69, 9.17) is 35.4 Å². The summed E-state index contributed by atoms with van der Waals surface area (Å²) in [4.78, 5) is 6.88. The van der Waals surface area contributed by atoms with Crippen LogP contribution >= 0.6 is 35.4 Å². The second-order valence-corrected chi connectivity index (χ2v) is 4.12. The van der Waals surface area contributed by atoms with Gasteiger partial charge in [-0.2, -0.15) is 0 Å². The Morgan fingerprint density at radius 3 is 2.60 bits per heavy atom. The highest BCUT2D eigenvalue weighted by Gasteiger charge is 2.01. The van der Waals surface area contributed by atoms with Crippen LogP contribution in [0, 0.1) is 4.77 Å². The van der Waals surface area contributed by atoms with Crippen molar-refractivity contribution in [3.05, 3.63) is 45.3 Å². The van der Waals surface area contributed by atoms with Gasteiger partial charge in [-0.05, 0) is 36.0 Å². The van der Waals surface area contributed by atoms with E-state index < -0.39 is 0 Å². The van der Waals surface area contributed by atoms with Crippen molar-refractivity contribution in [2.75, 3.05) is 0 Å². The normalized spacial score (nSPS) is 10.3. The first-order chi connectivity index (χ1) is 7.16. The van der Waals surface area contributed by atoms with Crippen molar-refractivity contribution in [1.29, 1.82) is 0 Å². The molecule has 15 heavy (non-hydrogen) atoms. The van der Waals surface area contributed by atoms with E-state index in [1.165, 1.54) is 0 Å². The summed E-state index contributed by atoms with van der Waals surface area (Å²) in [6.07, 6.45) is 1.65. The first-order valence-electron chi connectivity index (χ1n) is 4.17. The van der Waals surface area contributed by atoms with Crippen LogP contribution in [0.3, 0.4) is 0 Å². The topological polar surface area (TPSA) is 28.7 Å². The van der Waals surface area contributed by atoms with E-state index >= 15 is 0 Å². The maximum Gasteiger partial charge on any atom is 0.197 e. The summed E-state index contributed by atoms with van der Waals surface area (Å²) in [7, 11) is 0. The van der Waals surface area contributed by atoms with Gasteiger partial charge in [0.2, 0.25) is 0 Å². The van der Waals surface area contributed by atoms with E-state index in [1.54, 1.807) is 18.3 Å². The molecule has 0 aliphatic rings. The monoisotopic (exact) mass is 256 g/mol. The third-order valence-corrected chi connectivity index (χ3v) is 2.85. The Kier molecular flexibility index (Phi) is 3.05. The van der Waals surface area contributed by atoms with Gasteiger partial charge >= 0.3 is 0 Å². The van der Waals surface area contributed by atoms with E-state index in [0.29, 0.717) is 14.8 Å². The highest BCUT2D eigenvalue weighted by Crippen LogP contribution is 2.27. The van der Waals surface area contributed by atoms with Gasteiger partial charge in [0.25, 0.3) is 0 Å². The molecule has 1 heterocycles. The summed E-state index contributed by atoms with van der Waals surface area (Å²) in [5.41, 5.74) is 1.80. The Morgan fingerprint density at radius 2 is 1.93 bits per heavy atom. The van der Waals surface area contributed by atoms with Crippen molar-refractivity contribution >= 4 is 35.4 Å². The first-order valence-corrected chi connectivity index (χ1v) is 5.34. The van der Waals surface area contributed by atoms with Crippen LogP contribution in [0.4, 0.5) is 0 Å². The first kappa shape index (κ1) is 10.6. The molecule has 1 N–H and O–H groups in total. The molecule has 76 valence electrons. The molecule has 0 saturated carbocycles. The van der Waals surface area contributed by atoms with Gasteiger partial charge < -0.3 is 4.98 Å². The largest absolute Gasteiger partial charge is 0.330 e. The Balaban J connectivity index is 2.55. The van der Waals surface area contributed by atoms with Crippen molar-refractivity contribution in [3.63, 3.8) is 0 Å². The predicted molar refractivity (Wildman–Crippen MR) is 64.9 cm³/mol. The molecule has 0 amide bonds. The number of nitrogens with zero attached hydrogens (tertiary/aromatic N) is 1. The molecule has 0 saturated heterocycles. The van der Waals surface area contributed by atoms with Crippen molar-refractivity contribution in [1.82, 2.24) is 9.97 Å². The molecule has 0 atom stereocenters. The highest BCUT2D eigenvalue weighted by molar-refractivity contribution is 7.71. The molecule has 0 fully saturated rings. The van der Waals surface area contributed by atoms with Crippen molar-refractivity contribution in [2.24, 2.45) is 0 Å². The van der Waals surface area contributed by atoms with E-state index in [2.05, 4.69) is 9.97 Å². The van der Waals surface area contributed by atoms with Gasteiger partial charge in [0, 0.05) is 11.9 Å². The molecule has 0 radical (unpaired) electrons. The lowest BCUT2D eigenvalue weighted by atomic mass is 10.1. The number of aromatic nitrogens is 2. The fraction of sp³-hybridized carbons (Fsp3) is 0. The van der Waals surface area contributed by atoms with Gasteiger partial charge in [-0.15, -0.1) is 0 Å². The summed E-state index contributed by atoms with van der Waals surface area (Å²) in [6.45, 7) is 0. The molecule has 0 aliphatic heterocycles. The smallest absolute Gasteiger partial charge is 0.197 e. The molecule has 2 nitrogen and oxygen atoms in total. The van der Waals surface area contributed by atoms with Crippen molar-refractivity contribution < 1.29 is 0 Å². The molecular formula is C10H6Cl2N2S. The van der Waals surface area contributed by atoms with E-state index in [9.17, 15) is 0 Å². The lowest BCUT2D eigenvalue weighted by Crippen LogP contribution is -1.86. The number of halogens is 2. The molecule has 0 spiro atoms. The summed E-state index contributed by atoms with van der Waals surface area (Å²) in [5.74, 6) is 0. The molecule has 1 aromatic heterocycles. The molecular weight excluding hydrogens is 251 g/mol. The highest BCUT2D eigenvalue weighted by atomic mass is 35.5. The summed E-state index contributed by atoms with van der Waals surface area (Å²) >= 11 is 16.7. The van der Waals surface area contributed by atoms with Crippen LogP contribution in [0.5, 0.6) is 0 Å². The van der Waals surface area contributed by atoms with Gasteiger partial charge in [-0.3, -0.25) is 0 Å². The van der Waals surface area contributed by atoms with Crippen LogP contribution in [0.15, 0.2) is 30.5 Å². The second kappa shape index (κ2) is 4.31. The zero-order valence-corrected chi connectivity index (χ0v) is 9.83. The van der Waals surface area contributed by atoms with Crippen LogP contribution in [0.1, 0.15) is 0 Å². The quantitative estimate of drug-likeness (QED) is 0.778. The zero-order chi connectivity index (χ0) is 10.8.